The second-order valence-corrected chi connectivity index (χ2v) is 8.73. The molecule has 0 heterocycles. The number of hydrogen-bond donors (Lipinski definition) is 0. The smallest absolute Gasteiger partial charge is 0.146 e. The maximum absolute atomic E-state index is 11.7. The number of hydrogen-bond acceptors (Lipinski definition) is 3. The first-order valence-electron chi connectivity index (χ1n) is 9.42. The van der Waals surface area contributed by atoms with Gasteiger partial charge in [-0.1, -0.05) is 33.3 Å². The summed E-state index contributed by atoms with van der Waals surface area (Å²) >= 11 is 0. The van der Waals surface area contributed by atoms with Gasteiger partial charge in [-0.25, -0.2) is 0 Å². The summed E-state index contributed by atoms with van der Waals surface area (Å²) in [7, 11) is 0. The Morgan fingerprint density at radius 1 is 1.08 bits per heavy atom. The molecule has 2 aliphatic carbocycles. The number of allylic oxidation sites excluding steroid dienone is 2. The largest absolute Gasteiger partial charge is 0.303 e. The van der Waals surface area contributed by atoms with Gasteiger partial charge in [-0.15, -0.1) is 0 Å². The molecule has 0 aliphatic heterocycles. The minimum Gasteiger partial charge on any atom is -0.303 e. The van der Waals surface area contributed by atoms with Crippen molar-refractivity contribution in [2.45, 2.75) is 72.1 Å². The van der Waals surface area contributed by atoms with Crippen molar-refractivity contribution in [2.24, 2.45) is 28.6 Å². The molecule has 4 atom stereocenters. The highest BCUT2D eigenvalue weighted by atomic mass is 16.1. The fourth-order valence-electron chi connectivity index (χ4n) is 5.81. The molecule has 0 amide bonds. The number of fused-ring (bicyclic) bond motifs is 1. The van der Waals surface area contributed by atoms with E-state index in [0.29, 0.717) is 22.8 Å². The lowest BCUT2D eigenvalue weighted by Gasteiger charge is -2.59. The lowest BCUT2D eigenvalue weighted by molar-refractivity contribution is -0.129. The summed E-state index contributed by atoms with van der Waals surface area (Å²) in [6, 6.07) is 0. The predicted octanol–water partition coefficient (Wildman–Crippen LogP) is 4.54. The fraction of sp³-hybridized carbons (Fsp3) is 0.762. The van der Waals surface area contributed by atoms with Crippen LogP contribution in [0.3, 0.4) is 0 Å². The highest BCUT2D eigenvalue weighted by molar-refractivity contribution is 5.78. The van der Waals surface area contributed by atoms with Gasteiger partial charge in [0.1, 0.15) is 18.9 Å². The first kappa shape index (κ1) is 19.1. The van der Waals surface area contributed by atoms with Crippen molar-refractivity contribution < 1.29 is 14.4 Å². The SMILES string of the molecule is CC1(C)CCC[C@]2(C)[C@@H](CC/C=C(/C=O)CC=O)[C@@H](C=O)CC[C@@H]12. The van der Waals surface area contributed by atoms with E-state index in [1.807, 2.05) is 6.08 Å². The molecular weight excluding hydrogens is 300 g/mol. The lowest BCUT2D eigenvalue weighted by atomic mass is 9.46. The molecule has 2 aliphatic rings. The third-order valence-electron chi connectivity index (χ3n) is 6.96. The number of aldehydes is 3. The van der Waals surface area contributed by atoms with E-state index in [-0.39, 0.29) is 17.8 Å². The molecule has 3 nitrogen and oxygen atoms in total. The maximum atomic E-state index is 11.7. The Labute approximate surface area is 146 Å². The average Bonchev–Trinajstić information content (AvgIpc) is 2.53. The normalized spacial score (nSPS) is 35.8. The molecule has 0 aromatic rings. The third-order valence-corrected chi connectivity index (χ3v) is 6.96. The van der Waals surface area contributed by atoms with Crippen LogP contribution in [0.5, 0.6) is 0 Å². The second kappa shape index (κ2) is 7.76. The summed E-state index contributed by atoms with van der Waals surface area (Å²) in [4.78, 5) is 33.3. The van der Waals surface area contributed by atoms with Gasteiger partial charge in [0.2, 0.25) is 0 Å². The van der Waals surface area contributed by atoms with Gasteiger partial charge in [0.25, 0.3) is 0 Å². The number of carbonyl (C=O) groups excluding carboxylic acids is 3. The van der Waals surface area contributed by atoms with E-state index < -0.39 is 0 Å². The first-order chi connectivity index (χ1) is 11.4. The van der Waals surface area contributed by atoms with Crippen LogP contribution in [0.4, 0.5) is 0 Å². The van der Waals surface area contributed by atoms with Crippen LogP contribution in [0.25, 0.3) is 0 Å². The van der Waals surface area contributed by atoms with Crippen molar-refractivity contribution >= 4 is 18.9 Å². The zero-order valence-corrected chi connectivity index (χ0v) is 15.4. The molecular formula is C21H32O3. The molecule has 2 fully saturated rings. The van der Waals surface area contributed by atoms with E-state index in [2.05, 4.69) is 20.8 Å². The Balaban J connectivity index is 2.18. The van der Waals surface area contributed by atoms with Gasteiger partial charge in [0, 0.05) is 12.3 Å². The van der Waals surface area contributed by atoms with Gasteiger partial charge < -0.3 is 9.59 Å². The van der Waals surface area contributed by atoms with Crippen LogP contribution < -0.4 is 0 Å². The molecule has 0 bridgehead atoms. The van der Waals surface area contributed by atoms with E-state index in [0.717, 1.165) is 38.3 Å². The predicted molar refractivity (Wildman–Crippen MR) is 95.6 cm³/mol. The third kappa shape index (κ3) is 3.70. The van der Waals surface area contributed by atoms with Crippen LogP contribution in [0, 0.1) is 28.6 Å². The summed E-state index contributed by atoms with van der Waals surface area (Å²) in [5.74, 6) is 1.19. The highest BCUT2D eigenvalue weighted by Gasteiger charge is 2.54. The summed E-state index contributed by atoms with van der Waals surface area (Å²) in [6.07, 6.45) is 12.4. The molecule has 0 radical (unpaired) electrons. The van der Waals surface area contributed by atoms with Gasteiger partial charge >= 0.3 is 0 Å². The van der Waals surface area contributed by atoms with Crippen molar-refractivity contribution in [3.05, 3.63) is 11.6 Å². The summed E-state index contributed by atoms with van der Waals surface area (Å²) < 4.78 is 0. The summed E-state index contributed by atoms with van der Waals surface area (Å²) in [5, 5.41) is 0. The Hall–Kier alpha value is -1.25. The quantitative estimate of drug-likeness (QED) is 0.508. The van der Waals surface area contributed by atoms with Crippen LogP contribution in [0.15, 0.2) is 11.6 Å². The molecule has 0 aromatic heterocycles. The van der Waals surface area contributed by atoms with Crippen LogP contribution in [-0.4, -0.2) is 18.9 Å². The fourth-order valence-corrected chi connectivity index (χ4v) is 5.81. The molecule has 134 valence electrons. The van der Waals surface area contributed by atoms with Gasteiger partial charge in [0.15, 0.2) is 0 Å². The minimum atomic E-state index is 0.138. The Morgan fingerprint density at radius 3 is 2.46 bits per heavy atom. The molecule has 3 heteroatoms. The standard InChI is InChI=1S/C21H32O3/c1-20(2)11-5-12-21(3)18(17(15-24)8-9-19(20)21)7-4-6-16(14-23)10-13-22/h6,13-15,17-19H,4-5,7-12H2,1-3H3/b16-6+/t17-,18+,19+,21-/m1/s1. The van der Waals surface area contributed by atoms with E-state index in [1.54, 1.807) is 0 Å². The Morgan fingerprint density at radius 2 is 1.83 bits per heavy atom. The average molecular weight is 332 g/mol. The summed E-state index contributed by atoms with van der Waals surface area (Å²) in [6.45, 7) is 7.18. The van der Waals surface area contributed by atoms with Crippen LogP contribution in [-0.2, 0) is 14.4 Å². The second-order valence-electron chi connectivity index (χ2n) is 8.73. The van der Waals surface area contributed by atoms with E-state index in [4.69, 9.17) is 0 Å². The first-order valence-corrected chi connectivity index (χ1v) is 9.42. The van der Waals surface area contributed by atoms with Gasteiger partial charge in [0.05, 0.1) is 0 Å². The van der Waals surface area contributed by atoms with Crippen molar-refractivity contribution in [1.29, 1.82) is 0 Å². The molecule has 2 rings (SSSR count). The number of rotatable bonds is 7. The molecule has 0 saturated heterocycles. The van der Waals surface area contributed by atoms with Gasteiger partial charge in [-0.2, -0.15) is 0 Å². The zero-order chi connectivity index (χ0) is 17.8. The molecule has 0 aromatic carbocycles. The van der Waals surface area contributed by atoms with E-state index in [9.17, 15) is 14.4 Å². The number of carbonyl (C=O) groups is 3. The minimum absolute atomic E-state index is 0.138. The molecule has 2 saturated carbocycles. The van der Waals surface area contributed by atoms with Crippen molar-refractivity contribution in [1.82, 2.24) is 0 Å². The van der Waals surface area contributed by atoms with E-state index >= 15 is 0 Å². The van der Waals surface area contributed by atoms with Crippen molar-refractivity contribution in [2.75, 3.05) is 0 Å². The molecule has 0 spiro atoms. The van der Waals surface area contributed by atoms with Crippen LogP contribution in [0.1, 0.15) is 72.1 Å². The molecule has 0 N–H and O–H groups in total. The van der Waals surface area contributed by atoms with E-state index in [1.165, 1.54) is 25.5 Å². The highest BCUT2D eigenvalue weighted by Crippen LogP contribution is 2.61. The van der Waals surface area contributed by atoms with Crippen LogP contribution in [0.2, 0.25) is 0 Å². The Bertz CT molecular complexity index is 505. The summed E-state index contributed by atoms with van der Waals surface area (Å²) in [5.41, 5.74) is 1.13. The van der Waals surface area contributed by atoms with Gasteiger partial charge in [-0.3, -0.25) is 4.79 Å². The topological polar surface area (TPSA) is 51.2 Å². The lowest BCUT2D eigenvalue weighted by Crippen LogP contribution is -2.51. The van der Waals surface area contributed by atoms with Crippen molar-refractivity contribution in [3.8, 4) is 0 Å². The van der Waals surface area contributed by atoms with Gasteiger partial charge in [-0.05, 0) is 66.8 Å². The molecule has 24 heavy (non-hydrogen) atoms. The van der Waals surface area contributed by atoms with Crippen LogP contribution >= 0.6 is 0 Å². The monoisotopic (exact) mass is 332 g/mol. The van der Waals surface area contributed by atoms with Crippen molar-refractivity contribution in [3.63, 3.8) is 0 Å². The zero-order valence-electron chi connectivity index (χ0n) is 15.4. The molecule has 0 unspecified atom stereocenters. The Kier molecular flexibility index (Phi) is 6.17. The maximum Gasteiger partial charge on any atom is 0.146 e.